The molecular weight excluding hydrogens is 556 g/mol. The largest absolute Gasteiger partial charge is 0.322 e. The summed E-state index contributed by atoms with van der Waals surface area (Å²) in [5, 5.41) is 5.96. The molecule has 0 atom stereocenters. The Morgan fingerprint density at radius 1 is 0.559 bits per heavy atom. The lowest BCUT2D eigenvalue weighted by atomic mass is 9.99. The number of carbonyl (C=O) groups excluding carboxylic acids is 2. The number of carbonyl (C=O) groups is 2. The number of rotatable bonds is 5. The Hall–Kier alpha value is -3.22. The number of halogens is 2. The number of hydrogen-bond acceptors (Lipinski definition) is 2. The molecule has 34 heavy (non-hydrogen) atoms. The van der Waals surface area contributed by atoms with Gasteiger partial charge in [-0.3, -0.25) is 9.59 Å². The minimum absolute atomic E-state index is 0.148. The molecule has 4 aromatic carbocycles. The summed E-state index contributed by atoms with van der Waals surface area (Å²) in [7, 11) is 0. The molecule has 0 aromatic heterocycles. The molecule has 0 spiro atoms. The third-order valence-electron chi connectivity index (χ3n) is 5.50. The summed E-state index contributed by atoms with van der Waals surface area (Å²) < 4.78 is 1.86. The van der Waals surface area contributed by atoms with Gasteiger partial charge in [-0.2, -0.15) is 0 Å². The summed E-state index contributed by atoms with van der Waals surface area (Å²) in [5.74, 6) is -0.296. The smallest absolute Gasteiger partial charge is 0.255 e. The molecule has 6 heteroatoms. The Kier molecular flexibility index (Phi) is 7.29. The van der Waals surface area contributed by atoms with Crippen LogP contribution in [0.25, 0.3) is 11.1 Å². The summed E-state index contributed by atoms with van der Waals surface area (Å²) in [6, 6.07) is 26.4. The minimum Gasteiger partial charge on any atom is -0.322 e. The zero-order valence-electron chi connectivity index (χ0n) is 18.7. The lowest BCUT2D eigenvalue weighted by Crippen LogP contribution is -2.12. The van der Waals surface area contributed by atoms with Crippen LogP contribution in [0.4, 0.5) is 11.4 Å². The Labute approximate surface area is 215 Å². The molecule has 0 bridgehead atoms. The first-order valence-corrected chi connectivity index (χ1v) is 12.2. The molecule has 0 saturated carbocycles. The maximum absolute atomic E-state index is 12.6. The van der Waals surface area contributed by atoms with E-state index in [1.807, 2.05) is 74.5 Å². The van der Waals surface area contributed by atoms with Gasteiger partial charge in [-0.1, -0.05) is 44.0 Å². The van der Waals surface area contributed by atoms with Crippen molar-refractivity contribution in [2.75, 3.05) is 10.6 Å². The number of nitrogens with one attached hydrogen (secondary N) is 2. The van der Waals surface area contributed by atoms with E-state index in [-0.39, 0.29) is 11.8 Å². The first kappa shape index (κ1) is 23.9. The van der Waals surface area contributed by atoms with Crippen molar-refractivity contribution in [3.63, 3.8) is 0 Å². The molecule has 2 N–H and O–H groups in total. The highest BCUT2D eigenvalue weighted by molar-refractivity contribution is 9.10. The van der Waals surface area contributed by atoms with Gasteiger partial charge >= 0.3 is 0 Å². The molecule has 4 aromatic rings. The van der Waals surface area contributed by atoms with Gasteiger partial charge in [0.1, 0.15) is 0 Å². The van der Waals surface area contributed by atoms with E-state index < -0.39 is 0 Å². The van der Waals surface area contributed by atoms with Crippen molar-refractivity contribution in [3.8, 4) is 11.1 Å². The number of hydrogen-bond donors (Lipinski definition) is 2. The van der Waals surface area contributed by atoms with Gasteiger partial charge in [0.15, 0.2) is 0 Å². The van der Waals surface area contributed by atoms with E-state index >= 15 is 0 Å². The van der Waals surface area contributed by atoms with Crippen LogP contribution in [-0.4, -0.2) is 11.8 Å². The monoisotopic (exact) mass is 576 g/mol. The highest BCUT2D eigenvalue weighted by atomic mass is 79.9. The van der Waals surface area contributed by atoms with Crippen LogP contribution in [0.5, 0.6) is 0 Å². The topological polar surface area (TPSA) is 58.2 Å². The van der Waals surface area contributed by atoms with Gasteiger partial charge in [0.25, 0.3) is 11.8 Å². The average Bonchev–Trinajstić information content (AvgIpc) is 2.82. The number of anilines is 2. The van der Waals surface area contributed by atoms with Gasteiger partial charge in [-0.25, -0.2) is 0 Å². The minimum atomic E-state index is -0.148. The van der Waals surface area contributed by atoms with Crippen molar-refractivity contribution >= 4 is 55.0 Å². The Morgan fingerprint density at radius 3 is 1.24 bits per heavy atom. The van der Waals surface area contributed by atoms with Gasteiger partial charge in [0.2, 0.25) is 0 Å². The molecule has 0 radical (unpaired) electrons. The molecule has 0 saturated heterocycles. The lowest BCUT2D eigenvalue weighted by Gasteiger charge is -2.13. The van der Waals surface area contributed by atoms with Crippen molar-refractivity contribution in [3.05, 3.63) is 116 Å². The van der Waals surface area contributed by atoms with Crippen molar-refractivity contribution in [1.82, 2.24) is 0 Å². The average molecular weight is 578 g/mol. The molecular formula is C28H22Br2N2O2. The van der Waals surface area contributed by atoms with E-state index in [2.05, 4.69) is 42.5 Å². The van der Waals surface area contributed by atoms with Crippen LogP contribution < -0.4 is 10.6 Å². The van der Waals surface area contributed by atoms with Gasteiger partial charge in [0.05, 0.1) is 0 Å². The zero-order valence-corrected chi connectivity index (χ0v) is 21.8. The number of benzene rings is 4. The van der Waals surface area contributed by atoms with Crippen LogP contribution in [0.3, 0.4) is 0 Å². The second-order valence-corrected chi connectivity index (χ2v) is 9.81. The molecule has 0 heterocycles. The van der Waals surface area contributed by atoms with Crippen molar-refractivity contribution < 1.29 is 9.59 Å². The fourth-order valence-corrected chi connectivity index (χ4v) is 4.09. The van der Waals surface area contributed by atoms with E-state index in [9.17, 15) is 9.59 Å². The molecule has 170 valence electrons. The molecule has 4 nitrogen and oxygen atoms in total. The van der Waals surface area contributed by atoms with Crippen LogP contribution in [-0.2, 0) is 0 Å². The first-order chi connectivity index (χ1) is 16.3. The predicted octanol–water partition coefficient (Wildman–Crippen LogP) is 8.00. The van der Waals surface area contributed by atoms with Crippen LogP contribution in [0.2, 0.25) is 0 Å². The normalized spacial score (nSPS) is 10.6. The van der Waals surface area contributed by atoms with Gasteiger partial charge < -0.3 is 10.6 Å². The fourth-order valence-electron chi connectivity index (χ4n) is 3.56. The molecule has 4 rings (SSSR count). The van der Waals surface area contributed by atoms with E-state index in [1.54, 1.807) is 24.3 Å². The van der Waals surface area contributed by atoms with Crippen LogP contribution in [0.15, 0.2) is 93.9 Å². The highest BCUT2D eigenvalue weighted by Crippen LogP contribution is 2.29. The maximum Gasteiger partial charge on any atom is 0.255 e. The van der Waals surface area contributed by atoms with Crippen LogP contribution in [0.1, 0.15) is 31.8 Å². The maximum atomic E-state index is 12.6. The quantitative estimate of drug-likeness (QED) is 0.252. The van der Waals surface area contributed by atoms with E-state index in [0.29, 0.717) is 11.1 Å². The number of aryl methyl sites for hydroxylation is 2. The van der Waals surface area contributed by atoms with Gasteiger partial charge in [-0.15, -0.1) is 0 Å². The van der Waals surface area contributed by atoms with E-state index in [0.717, 1.165) is 42.6 Å². The highest BCUT2D eigenvalue weighted by Gasteiger charge is 2.11. The summed E-state index contributed by atoms with van der Waals surface area (Å²) in [6.45, 7) is 3.95. The van der Waals surface area contributed by atoms with Crippen LogP contribution in [0, 0.1) is 13.8 Å². The Morgan fingerprint density at radius 2 is 0.912 bits per heavy atom. The summed E-state index contributed by atoms with van der Waals surface area (Å²) >= 11 is 6.77. The summed E-state index contributed by atoms with van der Waals surface area (Å²) in [5.41, 5.74) is 6.74. The Balaban J connectivity index is 1.48. The SMILES string of the molecule is Cc1cc(-c2ccc(NC(=O)c3ccc(Br)cc3)c(C)c2)ccc1NC(=O)c1ccc(Br)cc1. The predicted molar refractivity (Wildman–Crippen MR) is 146 cm³/mol. The van der Waals surface area contributed by atoms with Crippen molar-refractivity contribution in [1.29, 1.82) is 0 Å². The summed E-state index contributed by atoms with van der Waals surface area (Å²) in [6.07, 6.45) is 0. The zero-order chi connectivity index (χ0) is 24.2. The molecule has 0 unspecified atom stereocenters. The third kappa shape index (κ3) is 5.64. The van der Waals surface area contributed by atoms with E-state index in [4.69, 9.17) is 0 Å². The van der Waals surface area contributed by atoms with E-state index in [1.165, 1.54) is 0 Å². The first-order valence-electron chi connectivity index (χ1n) is 10.7. The van der Waals surface area contributed by atoms with Crippen molar-refractivity contribution in [2.45, 2.75) is 13.8 Å². The standard InChI is InChI=1S/C28H22Br2N2O2/c1-17-15-21(7-13-25(17)31-27(33)19-3-9-23(29)10-4-19)22-8-14-26(18(2)16-22)32-28(34)20-5-11-24(30)12-6-20/h3-16H,1-2H3,(H,31,33)(H,32,34). The van der Waals surface area contributed by atoms with Gasteiger partial charge in [0, 0.05) is 31.4 Å². The second kappa shape index (κ2) is 10.4. The van der Waals surface area contributed by atoms with Gasteiger partial charge in [-0.05, 0) is 109 Å². The second-order valence-electron chi connectivity index (χ2n) is 7.98. The molecule has 0 aliphatic heterocycles. The Bertz CT molecular complexity index is 1260. The molecule has 0 aliphatic carbocycles. The fraction of sp³-hybridized carbons (Fsp3) is 0.0714. The van der Waals surface area contributed by atoms with Crippen LogP contribution >= 0.6 is 31.9 Å². The lowest BCUT2D eigenvalue weighted by molar-refractivity contribution is 0.101. The molecule has 0 aliphatic rings. The summed E-state index contributed by atoms with van der Waals surface area (Å²) in [4.78, 5) is 25.1. The number of amides is 2. The van der Waals surface area contributed by atoms with Crippen molar-refractivity contribution in [2.24, 2.45) is 0 Å². The molecule has 2 amide bonds. The molecule has 0 fully saturated rings. The third-order valence-corrected chi connectivity index (χ3v) is 6.55.